The summed E-state index contributed by atoms with van der Waals surface area (Å²) >= 11 is 0. The standard InChI is InChI=1S/C28H25N3O2S/c32-34(33,28-7-3-6-26-20-29-15-14-27(26)28)31-17-16-30-19-21-8-10-23(11-9-21)25-13-12-22-4-1-2-5-24(22)18-25/h1-15,18,20,30-31H,16-17,19H2. The van der Waals surface area contributed by atoms with Crippen LogP contribution in [0.3, 0.4) is 0 Å². The molecule has 0 bridgehead atoms. The maximum atomic E-state index is 12.8. The van der Waals surface area contributed by atoms with Gasteiger partial charge in [-0.1, -0.05) is 72.8 Å². The highest BCUT2D eigenvalue weighted by Crippen LogP contribution is 2.25. The number of hydrogen-bond acceptors (Lipinski definition) is 4. The van der Waals surface area contributed by atoms with Crippen LogP contribution in [0.1, 0.15) is 5.56 Å². The number of nitrogens with one attached hydrogen (secondary N) is 2. The third kappa shape index (κ3) is 4.84. The van der Waals surface area contributed by atoms with E-state index in [1.807, 2.05) is 6.07 Å². The molecule has 0 radical (unpaired) electrons. The zero-order valence-electron chi connectivity index (χ0n) is 18.6. The molecular weight excluding hydrogens is 442 g/mol. The molecular formula is C28H25N3O2S. The number of sulfonamides is 1. The van der Waals surface area contributed by atoms with E-state index in [1.54, 1.807) is 30.6 Å². The van der Waals surface area contributed by atoms with Crippen LogP contribution in [0, 0.1) is 0 Å². The molecule has 1 aromatic heterocycles. The lowest BCUT2D eigenvalue weighted by Crippen LogP contribution is -2.31. The van der Waals surface area contributed by atoms with Gasteiger partial charge in [-0.15, -0.1) is 0 Å². The second-order valence-electron chi connectivity index (χ2n) is 8.19. The van der Waals surface area contributed by atoms with Crippen molar-refractivity contribution in [3.05, 3.63) is 109 Å². The van der Waals surface area contributed by atoms with Crippen LogP contribution in [0.4, 0.5) is 0 Å². The van der Waals surface area contributed by atoms with Crippen molar-refractivity contribution in [1.29, 1.82) is 0 Å². The third-order valence-corrected chi connectivity index (χ3v) is 7.41. The molecule has 4 aromatic carbocycles. The molecule has 34 heavy (non-hydrogen) atoms. The van der Waals surface area contributed by atoms with E-state index in [0.717, 1.165) is 10.9 Å². The number of pyridine rings is 1. The number of aromatic nitrogens is 1. The van der Waals surface area contributed by atoms with Crippen LogP contribution in [0.25, 0.3) is 32.7 Å². The minimum Gasteiger partial charge on any atom is -0.311 e. The van der Waals surface area contributed by atoms with Crippen molar-refractivity contribution in [2.45, 2.75) is 11.4 Å². The minimum atomic E-state index is -3.60. The number of nitrogens with zero attached hydrogens (tertiary/aromatic N) is 1. The molecule has 0 amide bonds. The summed E-state index contributed by atoms with van der Waals surface area (Å²) in [4.78, 5) is 4.34. The van der Waals surface area contributed by atoms with Crippen LogP contribution in [0.5, 0.6) is 0 Å². The molecule has 5 nitrogen and oxygen atoms in total. The van der Waals surface area contributed by atoms with E-state index in [4.69, 9.17) is 0 Å². The van der Waals surface area contributed by atoms with Crippen LogP contribution in [-0.4, -0.2) is 26.5 Å². The molecule has 0 saturated heterocycles. The van der Waals surface area contributed by atoms with Crippen LogP contribution in [0.2, 0.25) is 0 Å². The number of rotatable bonds is 8. The molecule has 0 atom stereocenters. The van der Waals surface area contributed by atoms with Crippen molar-refractivity contribution in [1.82, 2.24) is 15.0 Å². The smallest absolute Gasteiger partial charge is 0.241 e. The lowest BCUT2D eigenvalue weighted by molar-refractivity contribution is 0.577. The van der Waals surface area contributed by atoms with Gasteiger partial charge in [-0.05, 0) is 45.7 Å². The van der Waals surface area contributed by atoms with Crippen molar-refractivity contribution in [2.75, 3.05) is 13.1 Å². The Morgan fingerprint density at radius 2 is 1.47 bits per heavy atom. The highest BCUT2D eigenvalue weighted by atomic mass is 32.2. The maximum Gasteiger partial charge on any atom is 0.241 e. The molecule has 1 heterocycles. The average molecular weight is 468 g/mol. The molecule has 0 spiro atoms. The molecule has 0 fully saturated rings. The van der Waals surface area contributed by atoms with Crippen molar-refractivity contribution < 1.29 is 8.42 Å². The van der Waals surface area contributed by atoms with Gasteiger partial charge in [-0.3, -0.25) is 4.98 Å². The largest absolute Gasteiger partial charge is 0.311 e. The third-order valence-electron chi connectivity index (χ3n) is 5.89. The van der Waals surface area contributed by atoms with Gasteiger partial charge in [0.25, 0.3) is 0 Å². The fraction of sp³-hybridized carbons (Fsp3) is 0.107. The van der Waals surface area contributed by atoms with Crippen molar-refractivity contribution >= 4 is 31.6 Å². The fourth-order valence-electron chi connectivity index (χ4n) is 4.10. The van der Waals surface area contributed by atoms with E-state index >= 15 is 0 Å². The first kappa shape index (κ1) is 22.2. The van der Waals surface area contributed by atoms with Gasteiger partial charge < -0.3 is 5.32 Å². The van der Waals surface area contributed by atoms with Gasteiger partial charge >= 0.3 is 0 Å². The summed E-state index contributed by atoms with van der Waals surface area (Å²) in [6.45, 7) is 1.50. The van der Waals surface area contributed by atoms with Crippen LogP contribution in [-0.2, 0) is 16.6 Å². The quantitative estimate of drug-likeness (QED) is 0.311. The monoisotopic (exact) mass is 467 g/mol. The summed E-state index contributed by atoms with van der Waals surface area (Å²) in [7, 11) is -3.60. The summed E-state index contributed by atoms with van der Waals surface area (Å²) in [5.74, 6) is 0. The summed E-state index contributed by atoms with van der Waals surface area (Å²) in [6, 6.07) is 30.3. The summed E-state index contributed by atoms with van der Waals surface area (Å²) in [6.07, 6.45) is 3.27. The van der Waals surface area contributed by atoms with Crippen molar-refractivity contribution in [2.24, 2.45) is 0 Å². The predicted molar refractivity (Wildman–Crippen MR) is 138 cm³/mol. The Morgan fingerprint density at radius 3 is 2.32 bits per heavy atom. The SMILES string of the molecule is O=S(=O)(NCCNCc1ccc(-c2ccc3ccccc3c2)cc1)c1cccc2cnccc12. The van der Waals surface area contributed by atoms with E-state index in [-0.39, 0.29) is 4.90 Å². The lowest BCUT2D eigenvalue weighted by Gasteiger charge is -2.10. The normalized spacial score (nSPS) is 11.8. The van der Waals surface area contributed by atoms with E-state index in [2.05, 4.69) is 81.8 Å². The summed E-state index contributed by atoms with van der Waals surface area (Å²) < 4.78 is 28.2. The van der Waals surface area contributed by atoms with Crippen LogP contribution in [0.15, 0.2) is 108 Å². The highest BCUT2D eigenvalue weighted by molar-refractivity contribution is 7.89. The molecule has 5 rings (SSSR count). The van der Waals surface area contributed by atoms with Crippen molar-refractivity contribution in [3.63, 3.8) is 0 Å². The minimum absolute atomic E-state index is 0.275. The van der Waals surface area contributed by atoms with Gasteiger partial charge in [0, 0.05) is 42.8 Å². The van der Waals surface area contributed by atoms with Gasteiger partial charge in [0.15, 0.2) is 0 Å². The Hall–Kier alpha value is -3.58. The first-order chi connectivity index (χ1) is 16.6. The fourth-order valence-corrected chi connectivity index (χ4v) is 5.35. The molecule has 0 aliphatic rings. The first-order valence-corrected chi connectivity index (χ1v) is 12.7. The molecule has 2 N–H and O–H groups in total. The Kier molecular flexibility index (Phi) is 6.36. The number of benzene rings is 4. The van der Waals surface area contributed by atoms with Gasteiger partial charge in [-0.25, -0.2) is 13.1 Å². The van der Waals surface area contributed by atoms with Crippen LogP contribution < -0.4 is 10.0 Å². The molecule has 170 valence electrons. The second kappa shape index (κ2) is 9.73. The Morgan fingerprint density at radius 1 is 0.706 bits per heavy atom. The topological polar surface area (TPSA) is 71.1 Å². The molecule has 0 saturated carbocycles. The zero-order valence-corrected chi connectivity index (χ0v) is 19.4. The average Bonchev–Trinajstić information content (AvgIpc) is 2.88. The van der Waals surface area contributed by atoms with E-state index < -0.39 is 10.0 Å². The summed E-state index contributed by atoms with van der Waals surface area (Å²) in [5, 5.41) is 7.25. The zero-order chi connectivity index (χ0) is 23.4. The molecule has 0 aliphatic carbocycles. The van der Waals surface area contributed by atoms with Gasteiger partial charge in [0.2, 0.25) is 10.0 Å². The van der Waals surface area contributed by atoms with E-state index in [0.29, 0.717) is 25.0 Å². The highest BCUT2D eigenvalue weighted by Gasteiger charge is 2.16. The van der Waals surface area contributed by atoms with Gasteiger partial charge in [0.05, 0.1) is 4.90 Å². The predicted octanol–water partition coefficient (Wildman–Crippen LogP) is 5.12. The molecule has 0 aliphatic heterocycles. The maximum absolute atomic E-state index is 12.8. The number of hydrogen-bond donors (Lipinski definition) is 2. The molecule has 5 aromatic rings. The Labute approximate surface area is 199 Å². The van der Waals surface area contributed by atoms with Gasteiger partial charge in [-0.2, -0.15) is 0 Å². The van der Waals surface area contributed by atoms with Crippen LogP contribution >= 0.6 is 0 Å². The molecule has 6 heteroatoms. The molecule has 0 unspecified atom stereocenters. The summed E-state index contributed by atoms with van der Waals surface area (Å²) in [5.41, 5.74) is 3.51. The number of fused-ring (bicyclic) bond motifs is 2. The van der Waals surface area contributed by atoms with Gasteiger partial charge in [0.1, 0.15) is 0 Å². The van der Waals surface area contributed by atoms with E-state index in [9.17, 15) is 8.42 Å². The second-order valence-corrected chi connectivity index (χ2v) is 9.92. The van der Waals surface area contributed by atoms with E-state index in [1.165, 1.54) is 21.9 Å². The van der Waals surface area contributed by atoms with Crippen molar-refractivity contribution in [3.8, 4) is 11.1 Å². The Bertz CT molecular complexity index is 1540. The first-order valence-electron chi connectivity index (χ1n) is 11.2. The lowest BCUT2D eigenvalue weighted by atomic mass is 10.0. The Balaban J connectivity index is 1.15.